The average molecular weight is 266 g/mol. The molecule has 3 rings (SSSR count). The first-order valence-electron chi connectivity index (χ1n) is 6.35. The molecule has 0 aliphatic carbocycles. The number of aryl methyl sites for hydroxylation is 1. The summed E-state index contributed by atoms with van der Waals surface area (Å²) in [6, 6.07) is 7.73. The van der Waals surface area contributed by atoms with Crippen LogP contribution in [0.1, 0.15) is 11.1 Å². The van der Waals surface area contributed by atoms with Crippen LogP contribution in [0.25, 0.3) is 0 Å². The SMILES string of the molecule is Cc1ccc(C2=N/C(=C3/C=CC=CN3C)C(=O)O2)cc1. The number of aliphatic imine (C=N–C) groups is 1. The molecule has 2 heterocycles. The molecule has 20 heavy (non-hydrogen) atoms. The van der Waals surface area contributed by atoms with Gasteiger partial charge in [0.1, 0.15) is 0 Å². The van der Waals surface area contributed by atoms with Crippen LogP contribution in [-0.4, -0.2) is 23.8 Å². The number of carbonyl (C=O) groups is 1. The smallest absolute Gasteiger partial charge is 0.366 e. The lowest BCUT2D eigenvalue weighted by Crippen LogP contribution is -2.15. The Morgan fingerprint density at radius 2 is 1.90 bits per heavy atom. The molecule has 4 heteroatoms. The number of benzene rings is 1. The Labute approximate surface area is 117 Å². The van der Waals surface area contributed by atoms with E-state index in [1.165, 1.54) is 0 Å². The Kier molecular flexibility index (Phi) is 2.99. The number of carbonyl (C=O) groups excluding carboxylic acids is 1. The van der Waals surface area contributed by atoms with E-state index in [1.807, 2.05) is 67.6 Å². The predicted octanol–water partition coefficient (Wildman–Crippen LogP) is 2.53. The maximum atomic E-state index is 12.0. The van der Waals surface area contributed by atoms with Crippen molar-refractivity contribution < 1.29 is 9.53 Å². The Morgan fingerprint density at radius 3 is 2.60 bits per heavy atom. The summed E-state index contributed by atoms with van der Waals surface area (Å²) in [6.45, 7) is 2.01. The quantitative estimate of drug-likeness (QED) is 0.579. The van der Waals surface area contributed by atoms with E-state index in [4.69, 9.17) is 4.74 Å². The summed E-state index contributed by atoms with van der Waals surface area (Å²) in [5.74, 6) is -0.0590. The van der Waals surface area contributed by atoms with Crippen molar-refractivity contribution in [3.8, 4) is 0 Å². The van der Waals surface area contributed by atoms with E-state index in [-0.39, 0.29) is 0 Å². The largest absolute Gasteiger partial charge is 0.402 e. The van der Waals surface area contributed by atoms with Crippen LogP contribution in [0.2, 0.25) is 0 Å². The van der Waals surface area contributed by atoms with Crippen molar-refractivity contribution in [2.75, 3.05) is 7.05 Å². The molecule has 0 spiro atoms. The van der Waals surface area contributed by atoms with Crippen molar-refractivity contribution in [3.05, 3.63) is 71.2 Å². The highest BCUT2D eigenvalue weighted by Crippen LogP contribution is 2.23. The van der Waals surface area contributed by atoms with Crippen LogP contribution in [0.3, 0.4) is 0 Å². The third kappa shape index (κ3) is 2.16. The lowest BCUT2D eigenvalue weighted by Gasteiger charge is -2.17. The molecule has 0 bridgehead atoms. The fourth-order valence-corrected chi connectivity index (χ4v) is 2.06. The monoisotopic (exact) mass is 266 g/mol. The van der Waals surface area contributed by atoms with Crippen molar-refractivity contribution in [3.63, 3.8) is 0 Å². The summed E-state index contributed by atoms with van der Waals surface area (Å²) in [4.78, 5) is 18.2. The van der Waals surface area contributed by atoms with Crippen LogP contribution in [0.4, 0.5) is 0 Å². The van der Waals surface area contributed by atoms with Gasteiger partial charge < -0.3 is 9.64 Å². The molecule has 1 aromatic carbocycles. The normalized spacial score (nSPS) is 21.2. The Balaban J connectivity index is 2.01. The number of ether oxygens (including phenoxy) is 1. The lowest BCUT2D eigenvalue weighted by atomic mass is 10.1. The number of nitrogens with zero attached hydrogens (tertiary/aromatic N) is 2. The van der Waals surface area contributed by atoms with Crippen molar-refractivity contribution in [2.24, 2.45) is 4.99 Å². The van der Waals surface area contributed by atoms with Crippen molar-refractivity contribution >= 4 is 11.9 Å². The molecule has 4 nitrogen and oxygen atoms in total. The predicted molar refractivity (Wildman–Crippen MR) is 76.9 cm³/mol. The first kappa shape index (κ1) is 12.4. The zero-order chi connectivity index (χ0) is 14.1. The van der Waals surface area contributed by atoms with E-state index in [0.29, 0.717) is 11.6 Å². The molecule has 0 radical (unpaired) electrons. The van der Waals surface area contributed by atoms with Gasteiger partial charge in [0.05, 0.1) is 5.70 Å². The molecule has 2 aliphatic heterocycles. The van der Waals surface area contributed by atoms with Gasteiger partial charge in [0, 0.05) is 18.8 Å². The second kappa shape index (κ2) is 4.81. The van der Waals surface area contributed by atoms with Crippen LogP contribution in [0.15, 0.2) is 65.1 Å². The molecule has 1 aromatic rings. The van der Waals surface area contributed by atoms with Gasteiger partial charge >= 0.3 is 5.97 Å². The highest BCUT2D eigenvalue weighted by molar-refractivity contribution is 6.11. The van der Waals surface area contributed by atoms with Gasteiger partial charge in [-0.3, -0.25) is 0 Å². The highest BCUT2D eigenvalue weighted by atomic mass is 16.6. The summed E-state index contributed by atoms with van der Waals surface area (Å²) >= 11 is 0. The van der Waals surface area contributed by atoms with Crippen LogP contribution < -0.4 is 0 Å². The second-order valence-electron chi connectivity index (χ2n) is 4.72. The first-order chi connectivity index (χ1) is 9.65. The van der Waals surface area contributed by atoms with Gasteiger partial charge in [-0.25, -0.2) is 9.79 Å². The Bertz CT molecular complexity index is 679. The van der Waals surface area contributed by atoms with Crippen molar-refractivity contribution in [2.45, 2.75) is 6.92 Å². The molecule has 0 fully saturated rings. The minimum Gasteiger partial charge on any atom is -0.402 e. The number of hydrogen-bond donors (Lipinski definition) is 0. The van der Waals surface area contributed by atoms with Crippen LogP contribution in [0.5, 0.6) is 0 Å². The minimum atomic E-state index is -0.414. The molecular weight excluding hydrogens is 252 g/mol. The third-order valence-corrected chi connectivity index (χ3v) is 3.19. The Hall–Kier alpha value is -2.62. The van der Waals surface area contributed by atoms with Crippen LogP contribution in [-0.2, 0) is 9.53 Å². The summed E-state index contributed by atoms with van der Waals surface area (Å²) in [7, 11) is 1.87. The number of esters is 1. The molecule has 100 valence electrons. The third-order valence-electron chi connectivity index (χ3n) is 3.19. The number of allylic oxidation sites excluding steroid dienone is 3. The minimum absolute atomic E-state index is 0.337. The molecule has 0 unspecified atom stereocenters. The van der Waals surface area contributed by atoms with E-state index < -0.39 is 5.97 Å². The molecule has 2 aliphatic rings. The standard InChI is InChI=1S/C16H14N2O2/c1-11-6-8-12(9-7-11)15-17-14(16(19)20-15)13-5-3-4-10-18(13)2/h3-10H,1-2H3/b14-13-. The van der Waals surface area contributed by atoms with Gasteiger partial charge in [-0.1, -0.05) is 23.8 Å². The van der Waals surface area contributed by atoms with E-state index in [1.54, 1.807) is 0 Å². The van der Waals surface area contributed by atoms with E-state index in [2.05, 4.69) is 4.99 Å². The van der Waals surface area contributed by atoms with Gasteiger partial charge in [0.15, 0.2) is 5.70 Å². The molecule has 0 saturated heterocycles. The molecule has 0 amide bonds. The fraction of sp³-hybridized carbons (Fsp3) is 0.125. The summed E-state index contributed by atoms with van der Waals surface area (Å²) in [6.07, 6.45) is 7.48. The van der Waals surface area contributed by atoms with Gasteiger partial charge in [0.2, 0.25) is 5.90 Å². The van der Waals surface area contributed by atoms with Gasteiger partial charge in [0.25, 0.3) is 0 Å². The summed E-state index contributed by atoms with van der Waals surface area (Å²) in [5.41, 5.74) is 3.03. The van der Waals surface area contributed by atoms with Crippen molar-refractivity contribution in [1.29, 1.82) is 0 Å². The van der Waals surface area contributed by atoms with Crippen LogP contribution in [0, 0.1) is 6.92 Å². The zero-order valence-electron chi connectivity index (χ0n) is 11.3. The summed E-state index contributed by atoms with van der Waals surface area (Å²) < 4.78 is 5.27. The van der Waals surface area contributed by atoms with E-state index in [0.717, 1.165) is 16.8 Å². The molecule has 0 aromatic heterocycles. The van der Waals surface area contributed by atoms with Crippen LogP contribution >= 0.6 is 0 Å². The second-order valence-corrected chi connectivity index (χ2v) is 4.72. The summed E-state index contributed by atoms with van der Waals surface area (Å²) in [5, 5.41) is 0. The highest BCUT2D eigenvalue weighted by Gasteiger charge is 2.28. The number of rotatable bonds is 1. The van der Waals surface area contributed by atoms with E-state index in [9.17, 15) is 4.79 Å². The average Bonchev–Trinajstić information content (AvgIpc) is 2.82. The number of likely N-dealkylation sites (N-methyl/N-ethyl adjacent to an activating group) is 1. The van der Waals surface area contributed by atoms with Crippen molar-refractivity contribution in [1.82, 2.24) is 4.90 Å². The molecule has 0 saturated carbocycles. The fourth-order valence-electron chi connectivity index (χ4n) is 2.06. The molecular formula is C16H14N2O2. The topological polar surface area (TPSA) is 41.9 Å². The lowest BCUT2D eigenvalue weighted by molar-refractivity contribution is -0.130. The molecule has 0 atom stereocenters. The maximum absolute atomic E-state index is 12.0. The van der Waals surface area contributed by atoms with E-state index >= 15 is 0 Å². The first-order valence-corrected chi connectivity index (χ1v) is 6.35. The maximum Gasteiger partial charge on any atom is 0.366 e. The zero-order valence-corrected chi connectivity index (χ0v) is 11.3. The Morgan fingerprint density at radius 1 is 1.15 bits per heavy atom. The van der Waals surface area contributed by atoms with Gasteiger partial charge in [-0.15, -0.1) is 0 Å². The number of hydrogen-bond acceptors (Lipinski definition) is 4. The number of cyclic esters (lactones) is 1. The van der Waals surface area contributed by atoms with Gasteiger partial charge in [-0.2, -0.15) is 0 Å². The van der Waals surface area contributed by atoms with Gasteiger partial charge in [-0.05, 0) is 31.2 Å². The molecule has 0 N–H and O–H groups in total.